The number of aromatic hydroxyl groups is 1. The molecule has 30 heavy (non-hydrogen) atoms. The number of nitrogens with one attached hydrogen (secondary N) is 1. The normalized spacial score (nSPS) is 23.3. The summed E-state index contributed by atoms with van der Waals surface area (Å²) in [5.41, 5.74) is 1.19. The molecule has 0 radical (unpaired) electrons. The van der Waals surface area contributed by atoms with Gasteiger partial charge in [0, 0.05) is 30.7 Å². The number of phenolic OH excluding ortho intramolecular Hbond substituents is 1. The van der Waals surface area contributed by atoms with Crippen molar-refractivity contribution in [1.82, 2.24) is 40.7 Å². The van der Waals surface area contributed by atoms with Gasteiger partial charge in [0.2, 0.25) is 5.82 Å². The summed E-state index contributed by atoms with van der Waals surface area (Å²) in [5, 5.41) is 34.8. The van der Waals surface area contributed by atoms with E-state index in [1.807, 2.05) is 6.07 Å². The van der Waals surface area contributed by atoms with Crippen LogP contribution < -0.4 is 10.2 Å². The van der Waals surface area contributed by atoms with Gasteiger partial charge in [0.25, 0.3) is 0 Å². The number of phenols is 1. The number of tetrazole rings is 1. The van der Waals surface area contributed by atoms with Gasteiger partial charge in [0.15, 0.2) is 11.6 Å². The molecule has 10 heteroatoms. The van der Waals surface area contributed by atoms with E-state index in [4.69, 9.17) is 0 Å². The van der Waals surface area contributed by atoms with Crippen molar-refractivity contribution in [3.05, 3.63) is 24.4 Å². The van der Waals surface area contributed by atoms with Gasteiger partial charge in [-0.25, -0.2) is 4.98 Å². The molecule has 2 bridgehead atoms. The van der Waals surface area contributed by atoms with Gasteiger partial charge in [0.05, 0.1) is 18.8 Å². The minimum atomic E-state index is 0.0500. The third-order valence-electron chi connectivity index (χ3n) is 6.15. The average Bonchev–Trinajstić information content (AvgIpc) is 3.19. The molecule has 2 fully saturated rings. The van der Waals surface area contributed by atoms with Crippen molar-refractivity contribution < 1.29 is 5.11 Å². The summed E-state index contributed by atoms with van der Waals surface area (Å²) in [5.74, 6) is 1.63. The zero-order valence-corrected chi connectivity index (χ0v) is 17.1. The highest BCUT2D eigenvalue weighted by atomic mass is 16.3. The molecule has 3 atom stereocenters. The summed E-state index contributed by atoms with van der Waals surface area (Å²) < 4.78 is 0. The van der Waals surface area contributed by atoms with E-state index >= 15 is 0 Å². The number of benzene rings is 1. The maximum absolute atomic E-state index is 10.5. The number of aryl methyl sites for hydroxylation is 1. The second kappa shape index (κ2) is 7.60. The first-order valence-electron chi connectivity index (χ1n) is 10.3. The van der Waals surface area contributed by atoms with E-state index < -0.39 is 0 Å². The molecule has 0 amide bonds. The Kier molecular flexibility index (Phi) is 4.78. The molecule has 2 aliphatic rings. The van der Waals surface area contributed by atoms with Gasteiger partial charge in [-0.1, -0.05) is 12.5 Å². The molecule has 1 unspecified atom stereocenters. The second-order valence-corrected chi connectivity index (χ2v) is 8.20. The minimum Gasteiger partial charge on any atom is -0.507 e. The highest BCUT2D eigenvalue weighted by molar-refractivity contribution is 5.69. The Morgan fingerprint density at radius 3 is 2.53 bits per heavy atom. The number of nitrogens with zero attached hydrogens (tertiary/aromatic N) is 8. The fourth-order valence-corrected chi connectivity index (χ4v) is 4.55. The van der Waals surface area contributed by atoms with Crippen molar-refractivity contribution in [1.29, 1.82) is 0 Å². The van der Waals surface area contributed by atoms with Crippen molar-refractivity contribution in [2.24, 2.45) is 7.05 Å². The van der Waals surface area contributed by atoms with E-state index in [2.05, 4.69) is 47.9 Å². The van der Waals surface area contributed by atoms with Crippen LogP contribution in [0.25, 0.3) is 22.8 Å². The van der Waals surface area contributed by atoms with Gasteiger partial charge in [0.1, 0.15) is 5.75 Å². The molecule has 4 heterocycles. The third kappa shape index (κ3) is 3.58. The van der Waals surface area contributed by atoms with E-state index in [1.165, 1.54) is 24.1 Å². The lowest BCUT2D eigenvalue weighted by Crippen LogP contribution is -2.54. The van der Waals surface area contributed by atoms with Gasteiger partial charge in [-0.3, -0.25) is 0 Å². The number of piperidine rings is 2. The average molecular weight is 407 g/mol. The summed E-state index contributed by atoms with van der Waals surface area (Å²) in [6.45, 7) is 0. The maximum atomic E-state index is 10.5. The summed E-state index contributed by atoms with van der Waals surface area (Å²) in [4.78, 5) is 8.03. The molecule has 0 aliphatic carbocycles. The van der Waals surface area contributed by atoms with Gasteiger partial charge in [-0.15, -0.1) is 20.4 Å². The smallest absolute Gasteiger partial charge is 0.205 e. The number of rotatable bonds is 4. The van der Waals surface area contributed by atoms with Crippen LogP contribution in [0.5, 0.6) is 5.75 Å². The quantitative estimate of drug-likeness (QED) is 0.664. The lowest BCUT2D eigenvalue weighted by atomic mass is 9.83. The largest absolute Gasteiger partial charge is 0.507 e. The monoisotopic (exact) mass is 407 g/mol. The van der Waals surface area contributed by atoms with Crippen LogP contribution in [-0.2, 0) is 7.05 Å². The number of hydrogen-bond acceptors (Lipinski definition) is 9. The molecule has 3 aromatic rings. The van der Waals surface area contributed by atoms with Gasteiger partial charge in [-0.05, 0) is 43.0 Å². The maximum Gasteiger partial charge on any atom is 0.205 e. The summed E-state index contributed by atoms with van der Waals surface area (Å²) in [6, 6.07) is 6.78. The first kappa shape index (κ1) is 18.9. The Morgan fingerprint density at radius 1 is 1.10 bits per heavy atom. The number of fused-ring (bicyclic) bond motifs is 2. The zero-order chi connectivity index (χ0) is 20.7. The Hall–Kier alpha value is -3.14. The van der Waals surface area contributed by atoms with Gasteiger partial charge in [-0.2, -0.15) is 4.80 Å². The van der Waals surface area contributed by atoms with Crippen molar-refractivity contribution in [2.75, 3.05) is 11.9 Å². The molecule has 156 valence electrons. The molecule has 2 N–H and O–H groups in total. The summed E-state index contributed by atoms with van der Waals surface area (Å²) in [7, 11) is 3.76. The minimum absolute atomic E-state index is 0.0500. The van der Waals surface area contributed by atoms with Crippen LogP contribution in [0.3, 0.4) is 0 Å². The standard InChI is InChI=1S/C20H25N9O/c1-28(15-9-13-4-3-5-14(10-15)22-13)18-11-21-20(24-23-18)16-7-6-12(8-17(16)30)19-25-27-29(2)26-19/h6-8,11,13-15,22,30H,3-5,9-10H2,1-2H3/t13-,14+,15?. The SMILES string of the molecule is CN(c1cnc(-c2ccc(-c3nnn(C)n3)cc2O)nn1)C1C[C@H]2CCC[C@@H](C1)N2. The van der Waals surface area contributed by atoms with E-state index in [1.54, 1.807) is 25.4 Å². The molecule has 10 nitrogen and oxygen atoms in total. The first-order chi connectivity index (χ1) is 14.6. The molecule has 2 aromatic heterocycles. The predicted octanol–water partition coefficient (Wildman–Crippen LogP) is 1.54. The van der Waals surface area contributed by atoms with Crippen LogP contribution in [0.15, 0.2) is 24.4 Å². The fraction of sp³-hybridized carbons (Fsp3) is 0.500. The van der Waals surface area contributed by atoms with Crippen LogP contribution in [0.1, 0.15) is 32.1 Å². The van der Waals surface area contributed by atoms with Crippen molar-refractivity contribution in [3.63, 3.8) is 0 Å². The molecule has 2 saturated heterocycles. The summed E-state index contributed by atoms with van der Waals surface area (Å²) in [6.07, 6.45) is 7.80. The second-order valence-electron chi connectivity index (χ2n) is 8.20. The predicted molar refractivity (Wildman–Crippen MR) is 111 cm³/mol. The van der Waals surface area contributed by atoms with Crippen LogP contribution in [0.4, 0.5) is 5.82 Å². The topological polar surface area (TPSA) is 118 Å². The van der Waals surface area contributed by atoms with E-state index in [9.17, 15) is 5.11 Å². The Labute approximate surface area is 174 Å². The van der Waals surface area contributed by atoms with Gasteiger partial charge < -0.3 is 15.3 Å². The van der Waals surface area contributed by atoms with E-state index in [0.717, 1.165) is 18.7 Å². The number of anilines is 1. The van der Waals surface area contributed by atoms with Crippen molar-refractivity contribution in [3.8, 4) is 28.5 Å². The third-order valence-corrected chi connectivity index (χ3v) is 6.15. The Balaban J connectivity index is 1.33. The van der Waals surface area contributed by atoms with Crippen LogP contribution in [0.2, 0.25) is 0 Å². The molecule has 1 aromatic carbocycles. The molecular weight excluding hydrogens is 382 g/mol. The lowest BCUT2D eigenvalue weighted by Gasteiger charge is -2.43. The van der Waals surface area contributed by atoms with E-state index in [-0.39, 0.29) is 5.75 Å². The molecular formula is C20H25N9O. The van der Waals surface area contributed by atoms with Crippen LogP contribution >= 0.6 is 0 Å². The van der Waals surface area contributed by atoms with E-state index in [0.29, 0.717) is 40.9 Å². The first-order valence-corrected chi connectivity index (χ1v) is 10.3. The molecule has 0 saturated carbocycles. The van der Waals surface area contributed by atoms with Gasteiger partial charge >= 0.3 is 0 Å². The lowest BCUT2D eigenvalue weighted by molar-refractivity contribution is 0.219. The molecule has 5 rings (SSSR count). The zero-order valence-electron chi connectivity index (χ0n) is 17.1. The fourth-order valence-electron chi connectivity index (χ4n) is 4.55. The molecule has 2 aliphatic heterocycles. The summed E-state index contributed by atoms with van der Waals surface area (Å²) >= 11 is 0. The number of aromatic nitrogens is 7. The van der Waals surface area contributed by atoms with Crippen LogP contribution in [0, 0.1) is 0 Å². The highest BCUT2D eigenvalue weighted by Gasteiger charge is 2.33. The molecule has 0 spiro atoms. The van der Waals surface area contributed by atoms with Crippen molar-refractivity contribution in [2.45, 2.75) is 50.2 Å². The Bertz CT molecular complexity index is 1020. The van der Waals surface area contributed by atoms with Crippen molar-refractivity contribution >= 4 is 5.82 Å². The highest BCUT2D eigenvalue weighted by Crippen LogP contribution is 2.32. The number of hydrogen-bond donors (Lipinski definition) is 2. The van der Waals surface area contributed by atoms with Crippen LogP contribution in [-0.4, -0.2) is 65.7 Å². The Morgan fingerprint density at radius 2 is 1.90 bits per heavy atom.